The lowest BCUT2D eigenvalue weighted by Gasteiger charge is -2.20. The lowest BCUT2D eigenvalue weighted by molar-refractivity contribution is -0.146. The predicted molar refractivity (Wildman–Crippen MR) is 76.1 cm³/mol. The molecular formula is C14H19NO3S. The molecule has 104 valence electrons. The zero-order valence-electron chi connectivity index (χ0n) is 11.3. The lowest BCUT2D eigenvalue weighted by atomic mass is 10.4. The van der Waals surface area contributed by atoms with E-state index in [1.807, 2.05) is 37.3 Å². The van der Waals surface area contributed by atoms with Gasteiger partial charge in [0.25, 0.3) is 0 Å². The first-order valence-electron chi connectivity index (χ1n) is 6.19. The maximum absolute atomic E-state index is 12.1. The summed E-state index contributed by atoms with van der Waals surface area (Å²) in [5.74, 6) is -0.0892. The van der Waals surface area contributed by atoms with Crippen LogP contribution in [-0.2, 0) is 14.3 Å². The number of rotatable bonds is 7. The minimum Gasteiger partial charge on any atom is -0.468 e. The Bertz CT molecular complexity index is 408. The smallest absolute Gasteiger partial charge is 0.325 e. The molecule has 0 aliphatic heterocycles. The molecule has 0 N–H and O–H groups in total. The van der Waals surface area contributed by atoms with E-state index >= 15 is 0 Å². The fraction of sp³-hybridized carbons (Fsp3) is 0.429. The monoisotopic (exact) mass is 281 g/mol. The van der Waals surface area contributed by atoms with Crippen molar-refractivity contribution in [1.29, 1.82) is 0 Å². The van der Waals surface area contributed by atoms with Crippen molar-refractivity contribution >= 4 is 23.6 Å². The highest BCUT2D eigenvalue weighted by atomic mass is 32.2. The van der Waals surface area contributed by atoms with Crippen LogP contribution in [0.3, 0.4) is 0 Å². The summed E-state index contributed by atoms with van der Waals surface area (Å²) in [6, 6.07) is 9.73. The van der Waals surface area contributed by atoms with Gasteiger partial charge < -0.3 is 9.64 Å². The van der Waals surface area contributed by atoms with Crippen LogP contribution in [0.4, 0.5) is 0 Å². The van der Waals surface area contributed by atoms with E-state index in [0.29, 0.717) is 12.3 Å². The first-order chi connectivity index (χ1) is 9.17. The Morgan fingerprint density at radius 2 is 1.95 bits per heavy atom. The topological polar surface area (TPSA) is 46.6 Å². The van der Waals surface area contributed by atoms with Crippen LogP contribution < -0.4 is 0 Å². The molecule has 0 unspecified atom stereocenters. The van der Waals surface area contributed by atoms with Crippen molar-refractivity contribution in [3.63, 3.8) is 0 Å². The number of ether oxygens (including phenoxy) is 1. The van der Waals surface area contributed by atoms with Crippen LogP contribution in [0.5, 0.6) is 0 Å². The van der Waals surface area contributed by atoms with E-state index < -0.39 is 0 Å². The molecule has 0 spiro atoms. The molecule has 0 heterocycles. The number of amides is 1. The summed E-state index contributed by atoms with van der Waals surface area (Å²) in [5.41, 5.74) is 0. The molecule has 0 saturated carbocycles. The molecule has 5 heteroatoms. The Balaban J connectivity index is 2.50. The minimum atomic E-state index is -0.383. The second-order valence-corrected chi connectivity index (χ2v) is 5.04. The molecule has 1 amide bonds. The van der Waals surface area contributed by atoms with Gasteiger partial charge in [0.15, 0.2) is 0 Å². The van der Waals surface area contributed by atoms with E-state index in [1.54, 1.807) is 4.90 Å². The number of benzene rings is 1. The molecule has 19 heavy (non-hydrogen) atoms. The molecule has 1 aromatic rings. The third-order valence-corrected chi connectivity index (χ3v) is 3.50. The number of methoxy groups -OCH3 is 1. The van der Waals surface area contributed by atoms with Gasteiger partial charge in [-0.05, 0) is 18.6 Å². The molecule has 0 atom stereocenters. The molecule has 0 aliphatic carbocycles. The number of esters is 1. The quantitative estimate of drug-likeness (QED) is 0.568. The largest absolute Gasteiger partial charge is 0.468 e. The number of hydrogen-bond donors (Lipinski definition) is 0. The van der Waals surface area contributed by atoms with E-state index in [1.165, 1.54) is 18.9 Å². The first-order valence-corrected chi connectivity index (χ1v) is 7.18. The molecule has 0 fully saturated rings. The van der Waals surface area contributed by atoms with Crippen LogP contribution in [0.15, 0.2) is 35.2 Å². The van der Waals surface area contributed by atoms with Crippen LogP contribution in [0, 0.1) is 0 Å². The molecule has 0 aromatic heterocycles. The van der Waals surface area contributed by atoms with Gasteiger partial charge in [0.1, 0.15) is 6.54 Å². The van der Waals surface area contributed by atoms with E-state index in [-0.39, 0.29) is 18.4 Å². The number of thioether (sulfide) groups is 1. The molecule has 0 bridgehead atoms. The highest BCUT2D eigenvalue weighted by Gasteiger charge is 2.16. The van der Waals surface area contributed by atoms with Gasteiger partial charge in [0.2, 0.25) is 5.91 Å². The van der Waals surface area contributed by atoms with Crippen molar-refractivity contribution in [2.45, 2.75) is 18.2 Å². The average molecular weight is 281 g/mol. The van der Waals surface area contributed by atoms with Crippen molar-refractivity contribution in [2.24, 2.45) is 0 Å². The fourth-order valence-corrected chi connectivity index (χ4v) is 2.36. The van der Waals surface area contributed by atoms with Crippen LogP contribution in [0.25, 0.3) is 0 Å². The molecule has 0 radical (unpaired) electrons. The van der Waals surface area contributed by atoms with E-state index in [0.717, 1.165) is 11.3 Å². The Hall–Kier alpha value is -1.49. The summed E-state index contributed by atoms with van der Waals surface area (Å²) in [6.45, 7) is 2.57. The standard InChI is InChI=1S/C14H19NO3S/c1-3-9-15(10-14(17)18-2)13(16)11-19-12-7-5-4-6-8-12/h4-8H,3,9-11H2,1-2H3. The van der Waals surface area contributed by atoms with Crippen molar-refractivity contribution in [2.75, 3.05) is 26.0 Å². The number of carbonyl (C=O) groups is 2. The van der Waals surface area contributed by atoms with Gasteiger partial charge in [-0.3, -0.25) is 9.59 Å². The predicted octanol–water partition coefficient (Wildman–Crippen LogP) is 2.19. The number of nitrogens with zero attached hydrogens (tertiary/aromatic N) is 1. The SMILES string of the molecule is CCCN(CC(=O)OC)C(=O)CSc1ccccc1. The molecule has 0 aliphatic rings. The molecule has 4 nitrogen and oxygen atoms in total. The van der Waals surface area contributed by atoms with Gasteiger partial charge >= 0.3 is 5.97 Å². The maximum atomic E-state index is 12.1. The van der Waals surface area contributed by atoms with E-state index in [9.17, 15) is 9.59 Å². The van der Waals surface area contributed by atoms with Gasteiger partial charge in [-0.15, -0.1) is 11.8 Å². The van der Waals surface area contributed by atoms with Gasteiger partial charge in [0, 0.05) is 11.4 Å². The van der Waals surface area contributed by atoms with Crippen LogP contribution in [-0.4, -0.2) is 42.7 Å². The van der Waals surface area contributed by atoms with Crippen molar-refractivity contribution in [3.8, 4) is 0 Å². The first kappa shape index (κ1) is 15.6. The van der Waals surface area contributed by atoms with Gasteiger partial charge in [-0.25, -0.2) is 0 Å². The summed E-state index contributed by atoms with van der Waals surface area (Å²) in [5, 5.41) is 0. The molecule has 1 aromatic carbocycles. The van der Waals surface area contributed by atoms with Crippen molar-refractivity contribution in [1.82, 2.24) is 4.90 Å². The zero-order valence-corrected chi connectivity index (χ0v) is 12.1. The Morgan fingerprint density at radius 1 is 1.26 bits per heavy atom. The van der Waals surface area contributed by atoms with Crippen molar-refractivity contribution in [3.05, 3.63) is 30.3 Å². The third-order valence-electron chi connectivity index (χ3n) is 2.50. The van der Waals surface area contributed by atoms with Crippen LogP contribution in [0.2, 0.25) is 0 Å². The molecule has 1 rings (SSSR count). The fourth-order valence-electron chi connectivity index (χ4n) is 1.54. The lowest BCUT2D eigenvalue weighted by Crippen LogP contribution is -2.37. The van der Waals surface area contributed by atoms with E-state index in [4.69, 9.17) is 0 Å². The third kappa shape index (κ3) is 5.79. The Morgan fingerprint density at radius 3 is 2.53 bits per heavy atom. The molecule has 0 saturated heterocycles. The van der Waals surface area contributed by atoms with E-state index in [2.05, 4.69) is 4.74 Å². The summed E-state index contributed by atoms with van der Waals surface area (Å²) < 4.78 is 4.60. The normalized spacial score (nSPS) is 10.0. The Kier molecular flexibility index (Phi) is 7.03. The summed E-state index contributed by atoms with van der Waals surface area (Å²) in [6.07, 6.45) is 0.818. The van der Waals surface area contributed by atoms with Crippen molar-refractivity contribution < 1.29 is 14.3 Å². The average Bonchev–Trinajstić information content (AvgIpc) is 2.45. The second-order valence-electron chi connectivity index (χ2n) is 3.99. The van der Waals surface area contributed by atoms with Crippen LogP contribution >= 0.6 is 11.8 Å². The number of hydrogen-bond acceptors (Lipinski definition) is 4. The van der Waals surface area contributed by atoms with Crippen LogP contribution in [0.1, 0.15) is 13.3 Å². The maximum Gasteiger partial charge on any atom is 0.325 e. The highest BCUT2D eigenvalue weighted by molar-refractivity contribution is 8.00. The van der Waals surface area contributed by atoms with Gasteiger partial charge in [-0.1, -0.05) is 25.1 Å². The van der Waals surface area contributed by atoms with Gasteiger partial charge in [0.05, 0.1) is 12.9 Å². The highest BCUT2D eigenvalue weighted by Crippen LogP contribution is 2.17. The summed E-state index contributed by atoms with van der Waals surface area (Å²) >= 11 is 1.47. The van der Waals surface area contributed by atoms with Gasteiger partial charge in [-0.2, -0.15) is 0 Å². The minimum absolute atomic E-state index is 0.0263. The summed E-state index contributed by atoms with van der Waals surface area (Å²) in [4.78, 5) is 25.9. The molecular weight excluding hydrogens is 262 g/mol. The number of carbonyl (C=O) groups excluding carboxylic acids is 2. The Labute approximate surface area is 118 Å². The summed E-state index contributed by atoms with van der Waals surface area (Å²) in [7, 11) is 1.33. The second kappa shape index (κ2) is 8.58. The zero-order chi connectivity index (χ0) is 14.1.